The summed E-state index contributed by atoms with van der Waals surface area (Å²) in [6.07, 6.45) is 11.8. The van der Waals surface area contributed by atoms with Crippen LogP contribution in [0.15, 0.2) is 0 Å². The Hall–Kier alpha value is -0.570. The van der Waals surface area contributed by atoms with E-state index in [0.717, 1.165) is 37.9 Å². The zero-order valence-corrected chi connectivity index (χ0v) is 13.7. The van der Waals surface area contributed by atoms with Crippen molar-refractivity contribution in [3.8, 4) is 0 Å². The van der Waals surface area contributed by atoms with Crippen molar-refractivity contribution in [1.82, 2.24) is 10.2 Å². The molecule has 4 unspecified atom stereocenters. The van der Waals surface area contributed by atoms with E-state index in [1.54, 1.807) is 0 Å². The van der Waals surface area contributed by atoms with E-state index in [-0.39, 0.29) is 0 Å². The summed E-state index contributed by atoms with van der Waals surface area (Å²) in [6.45, 7) is 3.05. The molecule has 0 aromatic carbocycles. The monoisotopic (exact) mass is 292 g/mol. The molecule has 1 N–H and O–H groups in total. The third-order valence-electron chi connectivity index (χ3n) is 6.21. The number of carbonyl (C=O) groups is 1. The maximum Gasteiger partial charge on any atom is 0.225 e. The molecule has 3 aliphatic rings. The fourth-order valence-electron chi connectivity index (χ4n) is 5.08. The average Bonchev–Trinajstić information content (AvgIpc) is 2.54. The molecule has 0 bridgehead atoms. The molecule has 2 aliphatic carbocycles. The fraction of sp³-hybridized carbons (Fsp3) is 0.944. The molecule has 21 heavy (non-hydrogen) atoms. The minimum atomic E-state index is 0.345. The third kappa shape index (κ3) is 3.61. The number of fused-ring (bicyclic) bond motifs is 1. The van der Waals surface area contributed by atoms with Gasteiger partial charge in [0.25, 0.3) is 0 Å². The summed E-state index contributed by atoms with van der Waals surface area (Å²) in [4.78, 5) is 15.1. The van der Waals surface area contributed by atoms with Crippen LogP contribution in [0.5, 0.6) is 0 Å². The van der Waals surface area contributed by atoms with E-state index in [2.05, 4.69) is 10.2 Å². The van der Waals surface area contributed by atoms with Crippen molar-refractivity contribution in [1.29, 1.82) is 0 Å². The molecule has 0 radical (unpaired) electrons. The first-order valence-corrected chi connectivity index (χ1v) is 9.21. The summed E-state index contributed by atoms with van der Waals surface area (Å²) in [5.74, 6) is 3.30. The molecule has 3 nitrogen and oxygen atoms in total. The zero-order valence-electron chi connectivity index (χ0n) is 13.7. The second kappa shape index (κ2) is 7.13. The third-order valence-corrected chi connectivity index (χ3v) is 6.21. The van der Waals surface area contributed by atoms with Crippen molar-refractivity contribution in [2.45, 2.75) is 57.8 Å². The molecule has 4 atom stereocenters. The molecule has 0 spiro atoms. The van der Waals surface area contributed by atoms with Gasteiger partial charge >= 0.3 is 0 Å². The highest BCUT2D eigenvalue weighted by Crippen LogP contribution is 2.43. The van der Waals surface area contributed by atoms with Crippen molar-refractivity contribution in [3.63, 3.8) is 0 Å². The SMILES string of the molecule is CNCC1CCCN(C(=O)C2CCC3CCCCC3C2)C1. The van der Waals surface area contributed by atoms with Crippen LogP contribution in [-0.4, -0.2) is 37.5 Å². The Morgan fingerprint density at radius 1 is 1.05 bits per heavy atom. The van der Waals surface area contributed by atoms with E-state index in [1.165, 1.54) is 51.4 Å². The molecule has 3 fully saturated rings. The molecule has 3 heteroatoms. The molecule has 120 valence electrons. The fourth-order valence-corrected chi connectivity index (χ4v) is 5.08. The van der Waals surface area contributed by atoms with Gasteiger partial charge in [0.1, 0.15) is 0 Å². The number of amides is 1. The molecular formula is C18H32N2O. The Balaban J connectivity index is 1.55. The highest BCUT2D eigenvalue weighted by molar-refractivity contribution is 5.79. The van der Waals surface area contributed by atoms with Gasteiger partial charge in [-0.3, -0.25) is 4.79 Å². The standard InChI is InChI=1S/C18H32N2O/c1-19-12-14-5-4-10-20(13-14)18(21)17-9-8-15-6-2-3-7-16(15)11-17/h14-17,19H,2-13H2,1H3. The van der Waals surface area contributed by atoms with Crippen LogP contribution in [0.25, 0.3) is 0 Å². The van der Waals surface area contributed by atoms with E-state index in [4.69, 9.17) is 0 Å². The predicted molar refractivity (Wildman–Crippen MR) is 86.0 cm³/mol. The topological polar surface area (TPSA) is 32.3 Å². The molecule has 0 aromatic heterocycles. The van der Waals surface area contributed by atoms with E-state index >= 15 is 0 Å². The molecule has 3 rings (SSSR count). The van der Waals surface area contributed by atoms with Crippen LogP contribution in [-0.2, 0) is 4.79 Å². The normalized spacial score (nSPS) is 37.1. The number of carbonyl (C=O) groups excluding carboxylic acids is 1. The van der Waals surface area contributed by atoms with Crippen molar-refractivity contribution in [3.05, 3.63) is 0 Å². The van der Waals surface area contributed by atoms with E-state index in [1.807, 2.05) is 7.05 Å². The van der Waals surface area contributed by atoms with Gasteiger partial charge in [-0.05, 0) is 63.5 Å². The molecular weight excluding hydrogens is 260 g/mol. The molecule has 1 saturated heterocycles. The number of hydrogen-bond acceptors (Lipinski definition) is 2. The van der Waals surface area contributed by atoms with E-state index in [9.17, 15) is 4.79 Å². The minimum Gasteiger partial charge on any atom is -0.342 e. The largest absolute Gasteiger partial charge is 0.342 e. The molecule has 1 aliphatic heterocycles. The van der Waals surface area contributed by atoms with Crippen LogP contribution in [0, 0.1) is 23.7 Å². The van der Waals surface area contributed by atoms with Gasteiger partial charge in [-0.1, -0.05) is 25.7 Å². The van der Waals surface area contributed by atoms with Crippen LogP contribution < -0.4 is 5.32 Å². The summed E-state index contributed by atoms with van der Waals surface area (Å²) in [6, 6.07) is 0. The maximum atomic E-state index is 12.9. The van der Waals surface area contributed by atoms with Crippen LogP contribution >= 0.6 is 0 Å². The second-order valence-electron chi connectivity index (χ2n) is 7.66. The number of piperidine rings is 1. The van der Waals surface area contributed by atoms with Crippen molar-refractivity contribution < 1.29 is 4.79 Å². The lowest BCUT2D eigenvalue weighted by Crippen LogP contribution is -2.46. The zero-order chi connectivity index (χ0) is 14.7. The maximum absolute atomic E-state index is 12.9. The Kier molecular flexibility index (Phi) is 5.20. The lowest BCUT2D eigenvalue weighted by Gasteiger charge is -2.41. The second-order valence-corrected chi connectivity index (χ2v) is 7.66. The number of likely N-dealkylation sites (tertiary alicyclic amines) is 1. The van der Waals surface area contributed by atoms with Gasteiger partial charge in [0.05, 0.1) is 0 Å². The van der Waals surface area contributed by atoms with Crippen LogP contribution in [0.1, 0.15) is 57.8 Å². The van der Waals surface area contributed by atoms with Gasteiger partial charge in [-0.15, -0.1) is 0 Å². The summed E-state index contributed by atoms with van der Waals surface area (Å²) >= 11 is 0. The lowest BCUT2D eigenvalue weighted by molar-refractivity contribution is -0.139. The van der Waals surface area contributed by atoms with Crippen molar-refractivity contribution in [2.75, 3.05) is 26.7 Å². The van der Waals surface area contributed by atoms with Crippen LogP contribution in [0.4, 0.5) is 0 Å². The highest BCUT2D eigenvalue weighted by atomic mass is 16.2. The Labute approximate surface area is 129 Å². The van der Waals surface area contributed by atoms with Gasteiger partial charge in [-0.2, -0.15) is 0 Å². The Morgan fingerprint density at radius 3 is 2.67 bits per heavy atom. The first-order valence-electron chi connectivity index (χ1n) is 9.21. The van der Waals surface area contributed by atoms with Gasteiger partial charge < -0.3 is 10.2 Å². The number of hydrogen-bond donors (Lipinski definition) is 1. The highest BCUT2D eigenvalue weighted by Gasteiger charge is 2.37. The van der Waals surface area contributed by atoms with Gasteiger partial charge in [0.15, 0.2) is 0 Å². The number of nitrogens with one attached hydrogen (secondary N) is 1. The van der Waals surface area contributed by atoms with Gasteiger partial charge in [0.2, 0.25) is 5.91 Å². The predicted octanol–water partition coefficient (Wildman–Crippen LogP) is 3.05. The summed E-state index contributed by atoms with van der Waals surface area (Å²) < 4.78 is 0. The van der Waals surface area contributed by atoms with Gasteiger partial charge in [0, 0.05) is 19.0 Å². The Bertz CT molecular complexity index is 355. The van der Waals surface area contributed by atoms with E-state index < -0.39 is 0 Å². The summed E-state index contributed by atoms with van der Waals surface area (Å²) in [5.41, 5.74) is 0. The minimum absolute atomic E-state index is 0.345. The number of rotatable bonds is 3. The summed E-state index contributed by atoms with van der Waals surface area (Å²) in [5, 5.41) is 3.28. The Morgan fingerprint density at radius 2 is 1.86 bits per heavy atom. The van der Waals surface area contributed by atoms with Crippen molar-refractivity contribution in [2.24, 2.45) is 23.7 Å². The lowest BCUT2D eigenvalue weighted by atomic mass is 9.67. The molecule has 1 heterocycles. The van der Waals surface area contributed by atoms with Gasteiger partial charge in [-0.25, -0.2) is 0 Å². The first-order chi connectivity index (χ1) is 10.3. The smallest absolute Gasteiger partial charge is 0.225 e. The van der Waals surface area contributed by atoms with Crippen molar-refractivity contribution >= 4 is 5.91 Å². The summed E-state index contributed by atoms with van der Waals surface area (Å²) in [7, 11) is 2.02. The quantitative estimate of drug-likeness (QED) is 0.867. The molecule has 2 saturated carbocycles. The van der Waals surface area contributed by atoms with Crippen LogP contribution in [0.3, 0.4) is 0 Å². The number of nitrogens with zero attached hydrogens (tertiary/aromatic N) is 1. The first kappa shape index (κ1) is 15.3. The van der Waals surface area contributed by atoms with E-state index in [0.29, 0.717) is 17.7 Å². The molecule has 0 aromatic rings. The van der Waals surface area contributed by atoms with Crippen LogP contribution in [0.2, 0.25) is 0 Å². The molecule has 1 amide bonds. The average molecular weight is 292 g/mol.